The lowest BCUT2D eigenvalue weighted by atomic mass is 10.3. The van der Waals surface area contributed by atoms with Crippen molar-refractivity contribution in [2.24, 2.45) is 4.99 Å². The SMILES string of the molecule is COC(=O)OC1CCN=C(C)N1. The Bertz CT molecular complexity index is 203. The first-order valence-electron chi connectivity index (χ1n) is 3.74. The van der Waals surface area contributed by atoms with E-state index in [1.165, 1.54) is 7.11 Å². The molecule has 1 heterocycles. The van der Waals surface area contributed by atoms with Crippen LogP contribution in [-0.2, 0) is 9.47 Å². The minimum absolute atomic E-state index is 0.296. The largest absolute Gasteiger partial charge is 0.509 e. The van der Waals surface area contributed by atoms with Crippen molar-refractivity contribution in [3.8, 4) is 0 Å². The lowest BCUT2D eigenvalue weighted by Gasteiger charge is -2.21. The highest BCUT2D eigenvalue weighted by molar-refractivity contribution is 5.80. The van der Waals surface area contributed by atoms with Gasteiger partial charge in [0.05, 0.1) is 12.9 Å². The van der Waals surface area contributed by atoms with E-state index in [-0.39, 0.29) is 6.23 Å². The summed E-state index contributed by atoms with van der Waals surface area (Å²) in [5.74, 6) is 0.787. The van der Waals surface area contributed by atoms with E-state index in [0.29, 0.717) is 13.0 Å². The Kier molecular flexibility index (Phi) is 2.90. The Morgan fingerprint density at radius 3 is 3.08 bits per heavy atom. The zero-order valence-corrected chi connectivity index (χ0v) is 7.16. The second-order valence-corrected chi connectivity index (χ2v) is 2.46. The molecule has 1 aliphatic heterocycles. The van der Waals surface area contributed by atoms with Crippen LogP contribution in [0.5, 0.6) is 0 Å². The summed E-state index contributed by atoms with van der Waals surface area (Å²) in [5.41, 5.74) is 0. The van der Waals surface area contributed by atoms with E-state index in [1.807, 2.05) is 6.92 Å². The smallest absolute Gasteiger partial charge is 0.438 e. The van der Waals surface area contributed by atoms with Crippen LogP contribution in [-0.4, -0.2) is 31.9 Å². The van der Waals surface area contributed by atoms with Gasteiger partial charge in [-0.05, 0) is 6.92 Å². The summed E-state index contributed by atoms with van der Waals surface area (Å²) in [6.45, 7) is 2.51. The zero-order valence-electron chi connectivity index (χ0n) is 7.16. The van der Waals surface area contributed by atoms with Gasteiger partial charge in [-0.3, -0.25) is 4.99 Å². The number of hydrogen-bond donors (Lipinski definition) is 1. The molecule has 5 heteroatoms. The fourth-order valence-electron chi connectivity index (χ4n) is 0.953. The van der Waals surface area contributed by atoms with Crippen molar-refractivity contribution in [1.29, 1.82) is 0 Å². The van der Waals surface area contributed by atoms with Gasteiger partial charge in [0.2, 0.25) is 0 Å². The molecule has 0 aromatic rings. The van der Waals surface area contributed by atoms with Crippen molar-refractivity contribution in [2.45, 2.75) is 19.6 Å². The quantitative estimate of drug-likeness (QED) is 0.585. The predicted molar refractivity (Wildman–Crippen MR) is 43.0 cm³/mol. The van der Waals surface area contributed by atoms with E-state index >= 15 is 0 Å². The summed E-state index contributed by atoms with van der Waals surface area (Å²) in [6.07, 6.45) is -0.274. The number of nitrogens with one attached hydrogen (secondary N) is 1. The first-order valence-corrected chi connectivity index (χ1v) is 3.74. The number of amidine groups is 1. The topological polar surface area (TPSA) is 59.9 Å². The summed E-state index contributed by atoms with van der Waals surface area (Å²) < 4.78 is 9.20. The fourth-order valence-corrected chi connectivity index (χ4v) is 0.953. The number of aliphatic imine (C=N–C) groups is 1. The Hall–Kier alpha value is -1.26. The van der Waals surface area contributed by atoms with Crippen LogP contribution in [0, 0.1) is 0 Å². The average molecular weight is 172 g/mol. The number of carbonyl (C=O) groups is 1. The van der Waals surface area contributed by atoms with Crippen LogP contribution in [0.1, 0.15) is 13.3 Å². The van der Waals surface area contributed by atoms with Crippen LogP contribution in [0.3, 0.4) is 0 Å². The van der Waals surface area contributed by atoms with E-state index in [2.05, 4.69) is 15.0 Å². The molecule has 0 amide bonds. The van der Waals surface area contributed by atoms with Gasteiger partial charge >= 0.3 is 6.16 Å². The van der Waals surface area contributed by atoms with E-state index in [4.69, 9.17) is 4.74 Å². The van der Waals surface area contributed by atoms with Crippen molar-refractivity contribution in [2.75, 3.05) is 13.7 Å². The molecule has 0 saturated carbocycles. The van der Waals surface area contributed by atoms with Gasteiger partial charge in [0.1, 0.15) is 0 Å². The third-order valence-electron chi connectivity index (χ3n) is 1.52. The maximum absolute atomic E-state index is 10.7. The van der Waals surface area contributed by atoms with E-state index in [1.54, 1.807) is 0 Å². The molecule has 1 N–H and O–H groups in total. The van der Waals surface area contributed by atoms with Crippen molar-refractivity contribution in [3.63, 3.8) is 0 Å². The molecule has 5 nitrogen and oxygen atoms in total. The molecule has 68 valence electrons. The third-order valence-corrected chi connectivity index (χ3v) is 1.52. The monoisotopic (exact) mass is 172 g/mol. The number of hydrogen-bond acceptors (Lipinski definition) is 5. The summed E-state index contributed by atoms with van der Waals surface area (Å²) in [7, 11) is 1.28. The van der Waals surface area contributed by atoms with Crippen molar-refractivity contribution in [1.82, 2.24) is 5.32 Å². The van der Waals surface area contributed by atoms with E-state index in [0.717, 1.165) is 5.84 Å². The van der Waals surface area contributed by atoms with Gasteiger partial charge in [-0.15, -0.1) is 0 Å². The van der Waals surface area contributed by atoms with Gasteiger partial charge in [-0.1, -0.05) is 0 Å². The molecule has 1 rings (SSSR count). The highest BCUT2D eigenvalue weighted by atomic mass is 16.7. The second kappa shape index (κ2) is 3.94. The van der Waals surface area contributed by atoms with Crippen LogP contribution in [0.4, 0.5) is 4.79 Å². The molecule has 12 heavy (non-hydrogen) atoms. The summed E-state index contributed by atoms with van der Waals surface area (Å²) in [6, 6.07) is 0. The van der Waals surface area contributed by atoms with Gasteiger partial charge in [-0.25, -0.2) is 4.79 Å². The Labute approximate surface area is 70.8 Å². The van der Waals surface area contributed by atoms with E-state index in [9.17, 15) is 4.79 Å². The second-order valence-electron chi connectivity index (χ2n) is 2.46. The van der Waals surface area contributed by atoms with Crippen LogP contribution in [0.25, 0.3) is 0 Å². The van der Waals surface area contributed by atoms with Crippen LogP contribution < -0.4 is 5.32 Å². The molecule has 0 aromatic heterocycles. The highest BCUT2D eigenvalue weighted by Gasteiger charge is 2.17. The molecule has 0 aliphatic carbocycles. The molecule has 0 saturated heterocycles. The first kappa shape index (κ1) is 8.83. The molecule has 0 radical (unpaired) electrons. The average Bonchev–Trinajstić information content (AvgIpc) is 2.04. The number of ether oxygens (including phenoxy) is 2. The van der Waals surface area contributed by atoms with Crippen LogP contribution in [0.15, 0.2) is 4.99 Å². The molecular formula is C7H12N2O3. The Morgan fingerprint density at radius 1 is 1.75 bits per heavy atom. The predicted octanol–water partition coefficient (Wildman–Crippen LogP) is 0.507. The number of nitrogens with zero attached hydrogens (tertiary/aromatic N) is 1. The number of rotatable bonds is 1. The van der Waals surface area contributed by atoms with Crippen molar-refractivity contribution in [3.05, 3.63) is 0 Å². The third kappa shape index (κ3) is 2.41. The molecule has 0 aromatic carbocycles. The lowest BCUT2D eigenvalue weighted by Crippen LogP contribution is -2.40. The number of carbonyl (C=O) groups excluding carboxylic acids is 1. The molecule has 0 fully saturated rings. The summed E-state index contributed by atoms with van der Waals surface area (Å²) >= 11 is 0. The van der Waals surface area contributed by atoms with Gasteiger partial charge in [0, 0.05) is 13.0 Å². The Balaban J connectivity index is 2.35. The molecule has 1 atom stereocenters. The van der Waals surface area contributed by atoms with Gasteiger partial charge in [0.15, 0.2) is 6.23 Å². The zero-order chi connectivity index (χ0) is 8.97. The first-order chi connectivity index (χ1) is 5.72. The maximum Gasteiger partial charge on any atom is 0.509 e. The molecule has 1 unspecified atom stereocenters. The number of methoxy groups -OCH3 is 1. The molecule has 0 bridgehead atoms. The minimum atomic E-state index is -0.665. The fraction of sp³-hybridized carbons (Fsp3) is 0.714. The normalized spacial score (nSPS) is 22.2. The Morgan fingerprint density at radius 2 is 2.50 bits per heavy atom. The van der Waals surface area contributed by atoms with Crippen LogP contribution >= 0.6 is 0 Å². The van der Waals surface area contributed by atoms with Crippen LogP contribution in [0.2, 0.25) is 0 Å². The maximum atomic E-state index is 10.7. The van der Waals surface area contributed by atoms with Gasteiger partial charge in [0.25, 0.3) is 0 Å². The molecule has 0 spiro atoms. The molecular weight excluding hydrogens is 160 g/mol. The van der Waals surface area contributed by atoms with Crippen molar-refractivity contribution >= 4 is 12.0 Å². The molecule has 1 aliphatic rings. The highest BCUT2D eigenvalue weighted by Crippen LogP contribution is 2.02. The van der Waals surface area contributed by atoms with Gasteiger partial charge in [-0.2, -0.15) is 0 Å². The lowest BCUT2D eigenvalue weighted by molar-refractivity contribution is 0.0275. The minimum Gasteiger partial charge on any atom is -0.438 e. The van der Waals surface area contributed by atoms with E-state index < -0.39 is 6.16 Å². The summed E-state index contributed by atoms with van der Waals surface area (Å²) in [5, 5.41) is 2.91. The summed E-state index contributed by atoms with van der Waals surface area (Å²) in [4.78, 5) is 14.7. The standard InChI is InChI=1S/C7H12N2O3/c1-5-8-4-3-6(9-5)12-7(10)11-2/h6H,3-4H2,1-2H3,(H,8,9). The van der Waals surface area contributed by atoms with Gasteiger partial charge < -0.3 is 14.8 Å². The van der Waals surface area contributed by atoms with Crippen molar-refractivity contribution < 1.29 is 14.3 Å².